The summed E-state index contributed by atoms with van der Waals surface area (Å²) in [7, 11) is 0. The van der Waals surface area contributed by atoms with E-state index in [1.54, 1.807) is 10.7 Å². The highest BCUT2D eigenvalue weighted by Gasteiger charge is 2.12. The first kappa shape index (κ1) is 17.6. The molecule has 4 rings (SSSR count). The molecule has 0 bridgehead atoms. The van der Waals surface area contributed by atoms with Crippen LogP contribution in [0.3, 0.4) is 0 Å². The summed E-state index contributed by atoms with van der Waals surface area (Å²) in [6.07, 6.45) is 1.70. The lowest BCUT2D eigenvalue weighted by molar-refractivity contribution is -0.113. The number of aromatic nitrogens is 5. The van der Waals surface area contributed by atoms with Gasteiger partial charge in [0.1, 0.15) is 10.7 Å². The number of carbonyl (C=O) groups excluding carboxylic acids is 1. The Bertz CT molecular complexity index is 1080. The Kier molecular flexibility index (Phi) is 5.12. The molecule has 0 saturated carbocycles. The van der Waals surface area contributed by atoms with Crippen molar-refractivity contribution in [1.82, 2.24) is 24.8 Å². The fourth-order valence-electron chi connectivity index (χ4n) is 2.37. The smallest absolute Gasteiger partial charge is 0.234 e. The highest BCUT2D eigenvalue weighted by molar-refractivity contribution is 9.10. The zero-order valence-electron chi connectivity index (χ0n) is 13.9. The van der Waals surface area contributed by atoms with Crippen LogP contribution in [-0.4, -0.2) is 36.5 Å². The van der Waals surface area contributed by atoms with Crippen molar-refractivity contribution in [3.8, 4) is 11.5 Å². The molecule has 0 atom stereocenters. The maximum atomic E-state index is 12.2. The molecule has 9 heteroatoms. The number of nitrogens with one attached hydrogen (secondary N) is 1. The van der Waals surface area contributed by atoms with Crippen LogP contribution in [0.1, 0.15) is 0 Å². The largest absolute Gasteiger partial charge is 0.325 e. The molecule has 0 unspecified atom stereocenters. The van der Waals surface area contributed by atoms with E-state index in [2.05, 4.69) is 41.5 Å². The summed E-state index contributed by atoms with van der Waals surface area (Å²) in [6, 6.07) is 16.7. The maximum Gasteiger partial charge on any atom is 0.234 e. The van der Waals surface area contributed by atoms with Gasteiger partial charge in [-0.05, 0) is 48.5 Å². The molecule has 7 nitrogen and oxygen atoms in total. The molecular formula is C18H13BrN6OS. The molecule has 3 aromatic heterocycles. The highest BCUT2D eigenvalue weighted by atomic mass is 79.9. The average molecular weight is 441 g/mol. The predicted octanol–water partition coefficient (Wildman–Crippen LogP) is 3.68. The van der Waals surface area contributed by atoms with Gasteiger partial charge in [0.05, 0.1) is 5.75 Å². The highest BCUT2D eigenvalue weighted by Crippen LogP contribution is 2.20. The molecule has 27 heavy (non-hydrogen) atoms. The van der Waals surface area contributed by atoms with E-state index in [9.17, 15) is 4.79 Å². The maximum absolute atomic E-state index is 12.2. The third-order valence-electron chi connectivity index (χ3n) is 3.61. The van der Waals surface area contributed by atoms with E-state index in [1.807, 2.05) is 54.6 Å². The van der Waals surface area contributed by atoms with Crippen LogP contribution in [0.15, 0.2) is 70.3 Å². The van der Waals surface area contributed by atoms with Gasteiger partial charge in [0.2, 0.25) is 11.7 Å². The van der Waals surface area contributed by atoms with Gasteiger partial charge in [0.15, 0.2) is 5.65 Å². The summed E-state index contributed by atoms with van der Waals surface area (Å²) < 4.78 is 2.60. The van der Waals surface area contributed by atoms with Crippen molar-refractivity contribution >= 4 is 44.9 Å². The van der Waals surface area contributed by atoms with E-state index >= 15 is 0 Å². The van der Waals surface area contributed by atoms with E-state index in [1.165, 1.54) is 11.8 Å². The molecule has 0 aliphatic heterocycles. The second-order valence-corrected chi connectivity index (χ2v) is 7.44. The first-order chi connectivity index (χ1) is 13.2. The lowest BCUT2D eigenvalue weighted by Gasteiger charge is -2.05. The third kappa shape index (κ3) is 4.15. The van der Waals surface area contributed by atoms with Crippen LogP contribution in [0.25, 0.3) is 17.2 Å². The molecular weight excluding hydrogens is 428 g/mol. The first-order valence-corrected chi connectivity index (χ1v) is 9.79. The molecule has 0 aliphatic carbocycles. The van der Waals surface area contributed by atoms with Gasteiger partial charge in [0.25, 0.3) is 0 Å². The lowest BCUT2D eigenvalue weighted by Crippen LogP contribution is -2.14. The fraction of sp³-hybridized carbons (Fsp3) is 0.0556. The van der Waals surface area contributed by atoms with Crippen LogP contribution in [0.2, 0.25) is 0 Å². The molecule has 0 aliphatic rings. The molecule has 4 aromatic rings. The molecule has 0 radical (unpaired) electrons. The topological polar surface area (TPSA) is 85.1 Å². The minimum absolute atomic E-state index is 0.0991. The normalized spacial score (nSPS) is 10.9. The average Bonchev–Trinajstić information content (AvgIpc) is 3.12. The van der Waals surface area contributed by atoms with E-state index in [0.29, 0.717) is 22.2 Å². The van der Waals surface area contributed by atoms with Gasteiger partial charge in [0, 0.05) is 16.4 Å². The van der Waals surface area contributed by atoms with Gasteiger partial charge in [-0.2, -0.15) is 9.61 Å². The molecule has 134 valence electrons. The molecule has 0 saturated heterocycles. The van der Waals surface area contributed by atoms with Crippen molar-refractivity contribution in [2.75, 3.05) is 11.1 Å². The summed E-state index contributed by atoms with van der Waals surface area (Å²) in [6.45, 7) is 0. The molecule has 0 spiro atoms. The Hall–Kier alpha value is -2.78. The minimum Gasteiger partial charge on any atom is -0.325 e. The van der Waals surface area contributed by atoms with E-state index < -0.39 is 0 Å². The number of benzene rings is 1. The Morgan fingerprint density at radius 2 is 1.93 bits per heavy atom. The fourth-order valence-corrected chi connectivity index (χ4v) is 3.29. The number of halogens is 1. The molecule has 1 aromatic carbocycles. The second-order valence-electron chi connectivity index (χ2n) is 5.52. The minimum atomic E-state index is -0.0991. The van der Waals surface area contributed by atoms with Gasteiger partial charge in [-0.1, -0.05) is 33.8 Å². The van der Waals surface area contributed by atoms with E-state index in [0.717, 1.165) is 10.2 Å². The monoisotopic (exact) mass is 440 g/mol. The molecule has 0 fully saturated rings. The number of anilines is 1. The zero-order valence-corrected chi connectivity index (χ0v) is 16.3. The van der Waals surface area contributed by atoms with Crippen LogP contribution < -0.4 is 5.32 Å². The van der Waals surface area contributed by atoms with Crippen molar-refractivity contribution in [2.45, 2.75) is 5.03 Å². The number of nitrogens with zero attached hydrogens (tertiary/aromatic N) is 5. The van der Waals surface area contributed by atoms with Crippen molar-refractivity contribution in [2.24, 2.45) is 0 Å². The third-order valence-corrected chi connectivity index (χ3v) is 5.06. The number of amides is 1. The van der Waals surface area contributed by atoms with Crippen molar-refractivity contribution < 1.29 is 4.79 Å². The van der Waals surface area contributed by atoms with Crippen LogP contribution in [0.4, 0.5) is 5.69 Å². The van der Waals surface area contributed by atoms with E-state index in [-0.39, 0.29) is 11.7 Å². The summed E-state index contributed by atoms with van der Waals surface area (Å²) in [5, 5.41) is 16.4. The number of hydrogen-bond donors (Lipinski definition) is 1. The van der Waals surface area contributed by atoms with Crippen LogP contribution in [0.5, 0.6) is 0 Å². The Morgan fingerprint density at radius 3 is 2.70 bits per heavy atom. The number of carbonyl (C=O) groups is 1. The van der Waals surface area contributed by atoms with Crippen LogP contribution in [-0.2, 0) is 4.79 Å². The van der Waals surface area contributed by atoms with Crippen molar-refractivity contribution in [3.05, 3.63) is 65.3 Å². The van der Waals surface area contributed by atoms with Crippen molar-refractivity contribution in [1.29, 1.82) is 0 Å². The number of fused-ring (bicyclic) bond motifs is 1. The van der Waals surface area contributed by atoms with Crippen LogP contribution in [0, 0.1) is 0 Å². The Morgan fingerprint density at radius 1 is 1.07 bits per heavy atom. The number of thioether (sulfide) groups is 1. The molecule has 1 amide bonds. The number of hydrogen-bond acceptors (Lipinski definition) is 6. The van der Waals surface area contributed by atoms with Crippen molar-refractivity contribution in [3.63, 3.8) is 0 Å². The van der Waals surface area contributed by atoms with Gasteiger partial charge >= 0.3 is 0 Å². The lowest BCUT2D eigenvalue weighted by atomic mass is 10.3. The number of pyridine rings is 1. The molecule has 3 heterocycles. The first-order valence-electron chi connectivity index (χ1n) is 8.01. The predicted molar refractivity (Wildman–Crippen MR) is 108 cm³/mol. The SMILES string of the molecule is O=C(CSc1ccc2nnc(-c3ccccn3)n2n1)Nc1ccc(Br)cc1. The van der Waals surface area contributed by atoms with E-state index in [4.69, 9.17) is 0 Å². The summed E-state index contributed by atoms with van der Waals surface area (Å²) in [4.78, 5) is 16.5. The van der Waals surface area contributed by atoms with Crippen LogP contribution >= 0.6 is 27.7 Å². The molecule has 1 N–H and O–H groups in total. The summed E-state index contributed by atoms with van der Waals surface area (Å²) in [5.74, 6) is 0.709. The Labute approximate surface area is 167 Å². The van der Waals surface area contributed by atoms with Gasteiger partial charge < -0.3 is 5.32 Å². The standard InChI is InChI=1S/C18H13BrN6OS/c19-12-4-6-13(7-5-12)21-16(26)11-27-17-9-8-15-22-23-18(25(15)24-17)14-3-1-2-10-20-14/h1-10H,11H2,(H,21,26). The van der Waals surface area contributed by atoms with Gasteiger partial charge in [-0.25, -0.2) is 0 Å². The quantitative estimate of drug-likeness (QED) is 0.476. The Balaban J connectivity index is 1.47. The zero-order chi connectivity index (χ0) is 18.6. The number of rotatable bonds is 5. The summed E-state index contributed by atoms with van der Waals surface area (Å²) >= 11 is 4.71. The second kappa shape index (κ2) is 7.85. The summed E-state index contributed by atoms with van der Waals surface area (Å²) in [5.41, 5.74) is 2.07. The van der Waals surface area contributed by atoms with Gasteiger partial charge in [-0.15, -0.1) is 10.2 Å². The van der Waals surface area contributed by atoms with Gasteiger partial charge in [-0.3, -0.25) is 9.78 Å².